The molecule has 0 saturated carbocycles. The molecular weight excluding hydrogens is 308 g/mol. The van der Waals surface area contributed by atoms with Crippen molar-refractivity contribution in [2.24, 2.45) is 0 Å². The van der Waals surface area contributed by atoms with E-state index in [4.69, 9.17) is 13.9 Å². The highest BCUT2D eigenvalue weighted by atomic mass is 16.5. The molecule has 6 nitrogen and oxygen atoms in total. The molecule has 1 aliphatic rings. The maximum absolute atomic E-state index is 12.3. The third-order valence-electron chi connectivity index (χ3n) is 4.28. The van der Waals surface area contributed by atoms with Gasteiger partial charge < -0.3 is 18.8 Å². The quantitative estimate of drug-likeness (QED) is 0.842. The first-order chi connectivity index (χ1) is 11.7. The topological polar surface area (TPSA) is 55.2 Å². The number of hydrogen-bond donors (Lipinski definition) is 0. The summed E-state index contributed by atoms with van der Waals surface area (Å²) < 4.78 is 15.9. The average Bonchev–Trinajstić information content (AvgIpc) is 3.16. The van der Waals surface area contributed by atoms with Crippen molar-refractivity contribution in [3.8, 4) is 11.5 Å². The Labute approximate surface area is 141 Å². The maximum Gasteiger partial charge on any atom is 0.289 e. The SMILES string of the molecule is COc1ccc(CN2CCN(C(=O)c3ccco3)CC2)c(OC)c1. The summed E-state index contributed by atoms with van der Waals surface area (Å²) in [6.45, 7) is 3.81. The minimum absolute atomic E-state index is 0.0401. The van der Waals surface area contributed by atoms with E-state index in [2.05, 4.69) is 4.90 Å². The highest BCUT2D eigenvalue weighted by Gasteiger charge is 2.24. The molecule has 1 aliphatic heterocycles. The first-order valence-electron chi connectivity index (χ1n) is 7.97. The normalized spacial score (nSPS) is 15.3. The summed E-state index contributed by atoms with van der Waals surface area (Å²) in [5, 5.41) is 0. The molecule has 1 amide bonds. The van der Waals surface area contributed by atoms with Crippen molar-refractivity contribution in [2.75, 3.05) is 40.4 Å². The van der Waals surface area contributed by atoms with Gasteiger partial charge in [0.1, 0.15) is 11.5 Å². The van der Waals surface area contributed by atoms with Crippen LogP contribution in [0.1, 0.15) is 16.1 Å². The highest BCUT2D eigenvalue weighted by Crippen LogP contribution is 2.26. The monoisotopic (exact) mass is 330 g/mol. The van der Waals surface area contributed by atoms with Gasteiger partial charge in [-0.15, -0.1) is 0 Å². The van der Waals surface area contributed by atoms with Crippen LogP contribution in [0, 0.1) is 0 Å². The van der Waals surface area contributed by atoms with E-state index in [1.54, 1.807) is 26.4 Å². The molecule has 0 N–H and O–H groups in total. The third-order valence-corrected chi connectivity index (χ3v) is 4.28. The Morgan fingerprint density at radius 2 is 1.92 bits per heavy atom. The van der Waals surface area contributed by atoms with E-state index in [0.29, 0.717) is 18.8 Å². The summed E-state index contributed by atoms with van der Waals surface area (Å²) in [6, 6.07) is 9.30. The Bertz CT molecular complexity index is 676. The summed E-state index contributed by atoms with van der Waals surface area (Å²) in [5.41, 5.74) is 1.11. The Kier molecular flexibility index (Phi) is 5.05. The molecule has 128 valence electrons. The van der Waals surface area contributed by atoms with Gasteiger partial charge in [0, 0.05) is 44.4 Å². The second kappa shape index (κ2) is 7.40. The fourth-order valence-electron chi connectivity index (χ4n) is 2.89. The maximum atomic E-state index is 12.3. The molecule has 0 bridgehead atoms. The van der Waals surface area contributed by atoms with Gasteiger partial charge in [0.15, 0.2) is 5.76 Å². The molecule has 0 spiro atoms. The number of carbonyl (C=O) groups is 1. The number of benzene rings is 1. The van der Waals surface area contributed by atoms with Gasteiger partial charge in [-0.1, -0.05) is 6.07 Å². The molecule has 0 aliphatic carbocycles. The Balaban J connectivity index is 1.58. The van der Waals surface area contributed by atoms with Crippen LogP contribution in [0.3, 0.4) is 0 Å². The Morgan fingerprint density at radius 3 is 2.54 bits per heavy atom. The molecule has 0 unspecified atom stereocenters. The van der Waals surface area contributed by atoms with Crippen molar-refractivity contribution in [2.45, 2.75) is 6.54 Å². The van der Waals surface area contributed by atoms with Crippen molar-refractivity contribution in [1.82, 2.24) is 9.80 Å². The van der Waals surface area contributed by atoms with E-state index in [9.17, 15) is 4.79 Å². The van der Waals surface area contributed by atoms with E-state index in [0.717, 1.165) is 36.7 Å². The average molecular weight is 330 g/mol. The Hall–Kier alpha value is -2.47. The van der Waals surface area contributed by atoms with Crippen LogP contribution < -0.4 is 9.47 Å². The van der Waals surface area contributed by atoms with E-state index < -0.39 is 0 Å². The lowest BCUT2D eigenvalue weighted by Crippen LogP contribution is -2.48. The summed E-state index contributed by atoms with van der Waals surface area (Å²) in [7, 11) is 3.31. The van der Waals surface area contributed by atoms with E-state index >= 15 is 0 Å². The van der Waals surface area contributed by atoms with Crippen LogP contribution in [0.25, 0.3) is 0 Å². The molecule has 1 fully saturated rings. The molecule has 2 aromatic rings. The number of ether oxygens (including phenoxy) is 2. The van der Waals surface area contributed by atoms with Gasteiger partial charge in [0.25, 0.3) is 5.91 Å². The predicted octanol–water partition coefficient (Wildman–Crippen LogP) is 2.25. The second-order valence-electron chi connectivity index (χ2n) is 5.72. The van der Waals surface area contributed by atoms with Crippen molar-refractivity contribution in [1.29, 1.82) is 0 Å². The molecule has 0 radical (unpaired) electrons. The lowest BCUT2D eigenvalue weighted by Gasteiger charge is -2.34. The van der Waals surface area contributed by atoms with Gasteiger partial charge in [0.2, 0.25) is 0 Å². The van der Waals surface area contributed by atoms with Crippen LogP contribution in [0.5, 0.6) is 11.5 Å². The highest BCUT2D eigenvalue weighted by molar-refractivity contribution is 5.91. The summed E-state index contributed by atoms with van der Waals surface area (Å²) >= 11 is 0. The molecule has 6 heteroatoms. The number of furan rings is 1. The molecular formula is C18H22N2O4. The van der Waals surface area contributed by atoms with Crippen LogP contribution in [0.2, 0.25) is 0 Å². The van der Waals surface area contributed by atoms with Crippen LogP contribution in [0.15, 0.2) is 41.0 Å². The predicted molar refractivity (Wildman–Crippen MR) is 89.4 cm³/mol. The van der Waals surface area contributed by atoms with Gasteiger partial charge in [-0.3, -0.25) is 9.69 Å². The fraction of sp³-hybridized carbons (Fsp3) is 0.389. The van der Waals surface area contributed by atoms with Crippen molar-refractivity contribution < 1.29 is 18.7 Å². The van der Waals surface area contributed by atoms with Gasteiger partial charge in [0.05, 0.1) is 20.5 Å². The molecule has 2 heterocycles. The number of methoxy groups -OCH3 is 2. The largest absolute Gasteiger partial charge is 0.497 e. The smallest absolute Gasteiger partial charge is 0.289 e. The van der Waals surface area contributed by atoms with Gasteiger partial charge in [-0.2, -0.15) is 0 Å². The fourth-order valence-corrected chi connectivity index (χ4v) is 2.89. The molecule has 0 atom stereocenters. The van der Waals surface area contributed by atoms with Crippen molar-refractivity contribution in [3.63, 3.8) is 0 Å². The standard InChI is InChI=1S/C18H22N2O4/c1-22-15-6-5-14(17(12-15)23-2)13-19-7-9-20(10-8-19)18(21)16-4-3-11-24-16/h3-6,11-12H,7-10,13H2,1-2H3. The van der Waals surface area contributed by atoms with E-state index in [-0.39, 0.29) is 5.91 Å². The zero-order valence-electron chi connectivity index (χ0n) is 14.0. The van der Waals surface area contributed by atoms with Gasteiger partial charge in [-0.25, -0.2) is 0 Å². The number of rotatable bonds is 5. The minimum Gasteiger partial charge on any atom is -0.497 e. The number of nitrogens with zero attached hydrogens (tertiary/aromatic N) is 2. The van der Waals surface area contributed by atoms with Crippen LogP contribution in [-0.4, -0.2) is 56.1 Å². The van der Waals surface area contributed by atoms with Crippen molar-refractivity contribution in [3.05, 3.63) is 47.9 Å². The lowest BCUT2D eigenvalue weighted by molar-refractivity contribution is 0.0597. The summed E-state index contributed by atoms with van der Waals surface area (Å²) in [5.74, 6) is 1.97. The zero-order valence-corrected chi connectivity index (χ0v) is 14.0. The Morgan fingerprint density at radius 1 is 1.12 bits per heavy atom. The van der Waals surface area contributed by atoms with Crippen molar-refractivity contribution >= 4 is 5.91 Å². The van der Waals surface area contributed by atoms with Gasteiger partial charge in [-0.05, 0) is 18.2 Å². The van der Waals surface area contributed by atoms with Gasteiger partial charge >= 0.3 is 0 Å². The molecule has 1 saturated heterocycles. The van der Waals surface area contributed by atoms with E-state index in [1.807, 2.05) is 23.1 Å². The minimum atomic E-state index is -0.0401. The summed E-state index contributed by atoms with van der Waals surface area (Å²) in [4.78, 5) is 16.4. The number of carbonyl (C=O) groups excluding carboxylic acids is 1. The third kappa shape index (κ3) is 3.54. The molecule has 3 rings (SSSR count). The number of amides is 1. The second-order valence-corrected chi connectivity index (χ2v) is 5.72. The van der Waals surface area contributed by atoms with Crippen LogP contribution >= 0.6 is 0 Å². The number of piperazine rings is 1. The van der Waals surface area contributed by atoms with Crippen LogP contribution in [-0.2, 0) is 6.54 Å². The first kappa shape index (κ1) is 16.4. The zero-order chi connectivity index (χ0) is 16.9. The molecule has 1 aromatic heterocycles. The van der Waals surface area contributed by atoms with E-state index in [1.165, 1.54) is 6.26 Å². The molecule has 1 aromatic carbocycles. The number of hydrogen-bond acceptors (Lipinski definition) is 5. The van der Waals surface area contributed by atoms with Crippen LogP contribution in [0.4, 0.5) is 0 Å². The first-order valence-corrected chi connectivity index (χ1v) is 7.97. The molecule has 24 heavy (non-hydrogen) atoms. The lowest BCUT2D eigenvalue weighted by atomic mass is 10.1. The summed E-state index contributed by atoms with van der Waals surface area (Å²) in [6.07, 6.45) is 1.53.